The van der Waals surface area contributed by atoms with Crippen LogP contribution in [0.2, 0.25) is 0 Å². The van der Waals surface area contributed by atoms with E-state index in [1.165, 1.54) is 11.8 Å². The van der Waals surface area contributed by atoms with E-state index in [-0.39, 0.29) is 36.7 Å². The number of aldehydes is 2. The monoisotopic (exact) mass is 828 g/mol. The van der Waals surface area contributed by atoms with Crippen molar-refractivity contribution in [1.29, 1.82) is 0 Å². The average molecular weight is 829 g/mol. The lowest BCUT2D eigenvalue weighted by atomic mass is 10.3. The van der Waals surface area contributed by atoms with Crippen LogP contribution in [0.15, 0.2) is 38.0 Å². The number of carboxylic acids is 2. The summed E-state index contributed by atoms with van der Waals surface area (Å²) in [5.74, 6) is -3.60. The van der Waals surface area contributed by atoms with E-state index < -0.39 is 35.9 Å². The minimum absolute atomic E-state index is 0.0700. The number of allylic oxidation sites excluding steroid dienone is 1. The molecule has 0 atom stereocenters. The molecule has 292 valence electrons. The summed E-state index contributed by atoms with van der Waals surface area (Å²) >= 11 is 15.2. The van der Waals surface area contributed by atoms with Crippen molar-refractivity contribution in [3.63, 3.8) is 0 Å². The number of thiol groups is 3. The van der Waals surface area contributed by atoms with Gasteiger partial charge in [0, 0.05) is 30.8 Å². The van der Waals surface area contributed by atoms with Gasteiger partial charge in [0.1, 0.15) is 13.2 Å². The number of Topliss-reactive ketones (excluding diaryl/α,β-unsaturated/α-hetero) is 3. The Labute approximate surface area is 324 Å². The van der Waals surface area contributed by atoms with Gasteiger partial charge >= 0.3 is 11.9 Å². The zero-order valence-electron chi connectivity index (χ0n) is 29.1. The lowest BCUT2D eigenvalue weighted by molar-refractivity contribution is -0.148. The summed E-state index contributed by atoms with van der Waals surface area (Å²) in [5, 5.41) is 31.9. The van der Waals surface area contributed by atoms with Gasteiger partial charge in [-0.2, -0.15) is 73.2 Å². The predicted octanol–water partition coefficient (Wildman–Crippen LogP) is 2.34. The van der Waals surface area contributed by atoms with Gasteiger partial charge in [0.2, 0.25) is 11.6 Å². The molecule has 0 saturated carbocycles. The predicted molar refractivity (Wildman–Crippen MR) is 216 cm³/mol. The summed E-state index contributed by atoms with van der Waals surface area (Å²) < 4.78 is 0. The largest absolute Gasteiger partial charge is 0.476 e. The van der Waals surface area contributed by atoms with Crippen LogP contribution < -0.4 is 0 Å². The van der Waals surface area contributed by atoms with Crippen LogP contribution in [0.25, 0.3) is 0 Å². The molecule has 0 heterocycles. The number of aliphatic hydroxyl groups is 2. The summed E-state index contributed by atoms with van der Waals surface area (Å²) in [5.41, 5.74) is 0. The van der Waals surface area contributed by atoms with Gasteiger partial charge in [-0.15, -0.1) is 0 Å². The first kappa shape index (κ1) is 69.3. The van der Waals surface area contributed by atoms with Gasteiger partial charge in [0.05, 0.1) is 0 Å². The summed E-state index contributed by atoms with van der Waals surface area (Å²) in [6.07, 6.45) is 15.1. The second-order valence-electron chi connectivity index (χ2n) is 6.66. The highest BCUT2D eigenvalue weighted by Gasteiger charge is 2.08. The van der Waals surface area contributed by atoms with Crippen LogP contribution in [0.5, 0.6) is 0 Å². The van der Waals surface area contributed by atoms with E-state index in [4.69, 9.17) is 20.4 Å². The molecule has 0 spiro atoms. The summed E-state index contributed by atoms with van der Waals surface area (Å²) in [7, 11) is 0. The first-order valence-electron chi connectivity index (χ1n) is 13.1. The summed E-state index contributed by atoms with van der Waals surface area (Å²) in [6, 6.07) is 0. The number of hydrogen-bond donors (Lipinski definition) is 7. The Balaban J connectivity index is -0.0000000561. The molecule has 0 aromatic rings. The minimum Gasteiger partial charge on any atom is -0.476 e. The van der Waals surface area contributed by atoms with Crippen molar-refractivity contribution in [3.8, 4) is 0 Å². The highest BCUT2D eigenvalue weighted by molar-refractivity contribution is 7.99. The van der Waals surface area contributed by atoms with E-state index in [2.05, 4.69) is 57.6 Å². The number of carbonyl (C=O) groups excluding carboxylic acids is 8. The lowest BCUT2D eigenvalue weighted by Gasteiger charge is -1.90. The van der Waals surface area contributed by atoms with Gasteiger partial charge in [0.25, 0.3) is 5.78 Å². The van der Waals surface area contributed by atoms with Crippen molar-refractivity contribution in [1.82, 2.24) is 0 Å². The SMILES string of the molecule is C=CC(=O)C(=O)O.C=CC(=O)C=O.C=CC(=O)CO.CS.CS.CS.CSCCC(=O)C(=O)O.CSCCC(=O)C=O.CSCCC(=O)CO. The quantitative estimate of drug-likeness (QED) is 0.0453. The topological polar surface area (TPSA) is 252 Å². The molecule has 0 aromatic carbocycles. The zero-order chi connectivity index (χ0) is 41.9. The zero-order valence-corrected chi connectivity index (χ0v) is 34.2. The smallest absolute Gasteiger partial charge is 0.376 e. The lowest BCUT2D eigenvalue weighted by Crippen LogP contribution is -2.12. The van der Waals surface area contributed by atoms with Crippen LogP contribution >= 0.6 is 73.2 Å². The maximum atomic E-state index is 10.3. The van der Waals surface area contributed by atoms with Crippen molar-refractivity contribution in [2.75, 3.05) is 68.0 Å². The second-order valence-corrected chi connectivity index (χ2v) is 9.62. The number of rotatable bonds is 18. The van der Waals surface area contributed by atoms with Crippen LogP contribution in [0.3, 0.4) is 0 Å². The molecule has 0 fully saturated rings. The van der Waals surface area contributed by atoms with Crippen molar-refractivity contribution in [3.05, 3.63) is 38.0 Å². The van der Waals surface area contributed by atoms with Gasteiger partial charge in [-0.3, -0.25) is 38.4 Å². The Kier molecular flexibility index (Phi) is 95.0. The van der Waals surface area contributed by atoms with Crippen LogP contribution in [0, 0.1) is 0 Å². The molecule has 0 bridgehead atoms. The highest BCUT2D eigenvalue weighted by Crippen LogP contribution is 1.96. The van der Waals surface area contributed by atoms with E-state index in [1.807, 2.05) is 18.8 Å². The number of aliphatic hydroxyl groups excluding tert-OH is 2. The number of ketones is 6. The van der Waals surface area contributed by atoms with E-state index in [1.54, 1.807) is 42.3 Å². The second kappa shape index (κ2) is 68.5. The molecule has 0 saturated heterocycles. The van der Waals surface area contributed by atoms with Gasteiger partial charge in [-0.25, -0.2) is 9.59 Å². The molecule has 0 aliphatic carbocycles. The van der Waals surface area contributed by atoms with E-state index in [9.17, 15) is 47.9 Å². The van der Waals surface area contributed by atoms with Crippen molar-refractivity contribution in [2.24, 2.45) is 0 Å². The number of hydrogen-bond acceptors (Lipinski definition) is 18. The number of aliphatic carboxylic acids is 2. The highest BCUT2D eigenvalue weighted by atomic mass is 32.2. The van der Waals surface area contributed by atoms with Crippen molar-refractivity contribution < 1.29 is 68.4 Å². The Bertz CT molecular complexity index is 933. The molecule has 0 amide bonds. The minimum atomic E-state index is -1.46. The van der Waals surface area contributed by atoms with Crippen LogP contribution in [0.4, 0.5) is 0 Å². The fraction of sp³-hybridized carbons (Fsp3) is 0.467. The van der Waals surface area contributed by atoms with Gasteiger partial charge in [-0.1, -0.05) is 19.7 Å². The molecule has 0 aliphatic heterocycles. The third-order valence-corrected chi connectivity index (χ3v) is 5.15. The molecule has 20 heteroatoms. The Hall–Kier alpha value is -2.46. The fourth-order valence-electron chi connectivity index (χ4n) is 1.06. The average Bonchev–Trinajstić information content (AvgIpc) is 3.17. The van der Waals surface area contributed by atoms with Crippen LogP contribution in [0.1, 0.15) is 19.3 Å². The first-order valence-corrected chi connectivity index (χ1v) is 19.9. The van der Waals surface area contributed by atoms with E-state index in [0.717, 1.165) is 29.7 Å². The Morgan fingerprint density at radius 2 is 0.960 bits per heavy atom. The van der Waals surface area contributed by atoms with Crippen LogP contribution in [-0.4, -0.2) is 148 Å². The first-order chi connectivity index (χ1) is 23.6. The number of carbonyl (C=O) groups is 10. The third-order valence-electron chi connectivity index (χ3n) is 3.31. The molecule has 50 heavy (non-hydrogen) atoms. The van der Waals surface area contributed by atoms with Gasteiger partial charge in [-0.05, 0) is 61.5 Å². The third kappa shape index (κ3) is 90.8. The van der Waals surface area contributed by atoms with Crippen LogP contribution in [-0.2, 0) is 47.9 Å². The van der Waals surface area contributed by atoms with Gasteiger partial charge < -0.3 is 20.4 Å². The van der Waals surface area contributed by atoms with E-state index in [0.29, 0.717) is 24.9 Å². The summed E-state index contributed by atoms with van der Waals surface area (Å²) in [6.45, 7) is 8.39. The molecular formula is C30H52O14S6. The molecule has 0 rings (SSSR count). The molecule has 4 N–H and O–H groups in total. The molecule has 0 aromatic heterocycles. The maximum Gasteiger partial charge on any atom is 0.376 e. The normalized spacial score (nSPS) is 7.58. The molecule has 0 unspecified atom stereocenters. The summed E-state index contributed by atoms with van der Waals surface area (Å²) in [4.78, 5) is 98.4. The standard InChI is InChI=1S/C5H8O3S.C5H10O2S.C5H8O2S.C4H4O3.C4H6O2.C4H4O2.3CH4S/c1-9-3-2-4(6)5(7)8;2*1-8-3-2-5(7)4-6;1-2-3(5)4(6)7;2*1-2-4(6)3-5;3*1-2/h2-3H2,1H3,(H,7,8);6H,2-4H2,1H3;4H,2-3H2,1H3;2H,1H2,(H,6,7);2,5H,1,3H2;2-3H,1H2;3*2H,1H3. The molecule has 14 nitrogen and oxygen atoms in total. The fourth-order valence-corrected chi connectivity index (χ4v) is 2.28. The molecule has 0 aliphatic rings. The maximum absolute atomic E-state index is 10.3. The molecular weight excluding hydrogens is 777 g/mol. The Morgan fingerprint density at radius 3 is 1.14 bits per heavy atom. The van der Waals surface area contributed by atoms with Crippen molar-refractivity contribution >= 4 is 132 Å². The van der Waals surface area contributed by atoms with Crippen molar-refractivity contribution in [2.45, 2.75) is 19.3 Å². The number of thioether (sulfide) groups is 3. The van der Waals surface area contributed by atoms with Gasteiger partial charge in [0.15, 0.2) is 29.9 Å². The number of carboxylic acid groups (broad SMARTS) is 2. The van der Waals surface area contributed by atoms with E-state index >= 15 is 0 Å². The molecule has 0 radical (unpaired) electrons. The Morgan fingerprint density at radius 1 is 0.560 bits per heavy atom.